The molecular formula is C13H21NO2S. The Morgan fingerprint density at radius 3 is 2.88 bits per heavy atom. The van der Waals surface area contributed by atoms with E-state index in [1.807, 2.05) is 24.8 Å². The molecule has 1 unspecified atom stereocenters. The number of ether oxygens (including phenoxy) is 1. The molecule has 1 aromatic carbocycles. The van der Waals surface area contributed by atoms with Gasteiger partial charge in [-0.2, -0.15) is 11.8 Å². The van der Waals surface area contributed by atoms with Crippen molar-refractivity contribution in [2.75, 3.05) is 25.7 Å². The summed E-state index contributed by atoms with van der Waals surface area (Å²) in [4.78, 5) is 0. The van der Waals surface area contributed by atoms with Gasteiger partial charge in [-0.1, -0.05) is 0 Å². The second-order valence-corrected chi connectivity index (χ2v) is 4.93. The fraction of sp³-hybridized carbons (Fsp3) is 0.538. The van der Waals surface area contributed by atoms with Crippen LogP contribution in [-0.2, 0) is 0 Å². The third kappa shape index (κ3) is 4.48. The number of nitrogens with one attached hydrogen (secondary N) is 1. The zero-order chi connectivity index (χ0) is 12.7. The predicted molar refractivity (Wildman–Crippen MR) is 74.1 cm³/mol. The third-order valence-electron chi connectivity index (χ3n) is 2.68. The quantitative estimate of drug-likeness (QED) is 0.735. The van der Waals surface area contributed by atoms with Crippen LogP contribution in [0.4, 0.5) is 0 Å². The summed E-state index contributed by atoms with van der Waals surface area (Å²) in [6, 6.07) is 5.45. The highest BCUT2D eigenvalue weighted by atomic mass is 32.2. The maximum atomic E-state index is 9.80. The molecule has 0 amide bonds. The topological polar surface area (TPSA) is 41.5 Å². The lowest BCUT2D eigenvalue weighted by atomic mass is 10.1. The van der Waals surface area contributed by atoms with Crippen molar-refractivity contribution in [2.45, 2.75) is 19.4 Å². The Bertz CT molecular complexity index is 344. The van der Waals surface area contributed by atoms with Crippen molar-refractivity contribution in [3.63, 3.8) is 0 Å². The summed E-state index contributed by atoms with van der Waals surface area (Å²) in [5.74, 6) is 2.25. The molecule has 4 heteroatoms. The number of hydrogen-bond donors (Lipinski definition) is 2. The summed E-state index contributed by atoms with van der Waals surface area (Å²) in [7, 11) is 1.63. The lowest BCUT2D eigenvalue weighted by Crippen LogP contribution is -2.20. The molecule has 0 fully saturated rings. The smallest absolute Gasteiger partial charge is 0.120 e. The monoisotopic (exact) mass is 255 g/mol. The van der Waals surface area contributed by atoms with Crippen LogP contribution in [0.2, 0.25) is 0 Å². The minimum Gasteiger partial charge on any atom is -0.508 e. The minimum absolute atomic E-state index is 0.131. The van der Waals surface area contributed by atoms with Gasteiger partial charge in [0.25, 0.3) is 0 Å². The lowest BCUT2D eigenvalue weighted by molar-refractivity contribution is 0.407. The van der Waals surface area contributed by atoms with Crippen molar-refractivity contribution in [2.24, 2.45) is 0 Å². The Labute approximate surface area is 108 Å². The van der Waals surface area contributed by atoms with E-state index in [2.05, 4.69) is 11.6 Å². The van der Waals surface area contributed by atoms with Crippen molar-refractivity contribution in [1.82, 2.24) is 5.32 Å². The number of aromatic hydroxyl groups is 1. The molecule has 0 bridgehead atoms. The van der Waals surface area contributed by atoms with Gasteiger partial charge in [0, 0.05) is 11.6 Å². The predicted octanol–water partition coefficient (Wildman–Crippen LogP) is 2.80. The summed E-state index contributed by atoms with van der Waals surface area (Å²) in [6.07, 6.45) is 3.24. The van der Waals surface area contributed by atoms with Gasteiger partial charge in [-0.15, -0.1) is 0 Å². The summed E-state index contributed by atoms with van der Waals surface area (Å²) < 4.78 is 5.16. The van der Waals surface area contributed by atoms with E-state index < -0.39 is 0 Å². The molecule has 1 aromatic rings. The van der Waals surface area contributed by atoms with Gasteiger partial charge in [-0.05, 0) is 50.1 Å². The number of methoxy groups -OCH3 is 1. The van der Waals surface area contributed by atoms with E-state index in [0.29, 0.717) is 5.75 Å². The SMILES string of the molecule is COc1ccc(O)c(C(C)NCCCSC)c1. The zero-order valence-electron chi connectivity index (χ0n) is 10.7. The Kier molecular flexibility index (Phi) is 6.22. The molecular weight excluding hydrogens is 234 g/mol. The number of phenols is 1. The molecule has 17 heavy (non-hydrogen) atoms. The van der Waals surface area contributed by atoms with Crippen molar-refractivity contribution < 1.29 is 9.84 Å². The summed E-state index contributed by atoms with van der Waals surface area (Å²) in [6.45, 7) is 3.01. The van der Waals surface area contributed by atoms with E-state index in [0.717, 1.165) is 30.0 Å². The Hall–Kier alpha value is -0.870. The van der Waals surface area contributed by atoms with Gasteiger partial charge in [0.15, 0.2) is 0 Å². The Balaban J connectivity index is 2.57. The number of hydrogen-bond acceptors (Lipinski definition) is 4. The van der Waals surface area contributed by atoms with E-state index in [4.69, 9.17) is 4.74 Å². The summed E-state index contributed by atoms with van der Waals surface area (Å²) >= 11 is 1.85. The van der Waals surface area contributed by atoms with Crippen LogP contribution in [0.15, 0.2) is 18.2 Å². The fourth-order valence-electron chi connectivity index (χ4n) is 1.65. The largest absolute Gasteiger partial charge is 0.508 e. The molecule has 0 radical (unpaired) electrons. The Morgan fingerprint density at radius 1 is 1.47 bits per heavy atom. The van der Waals surface area contributed by atoms with E-state index in [1.165, 1.54) is 0 Å². The summed E-state index contributed by atoms with van der Waals surface area (Å²) in [5.41, 5.74) is 0.883. The van der Waals surface area contributed by atoms with Crippen LogP contribution in [0.25, 0.3) is 0 Å². The molecule has 0 aromatic heterocycles. The van der Waals surface area contributed by atoms with Gasteiger partial charge in [-0.3, -0.25) is 0 Å². The van der Waals surface area contributed by atoms with Crippen LogP contribution in [0.3, 0.4) is 0 Å². The molecule has 0 aliphatic heterocycles. The maximum Gasteiger partial charge on any atom is 0.120 e. The van der Waals surface area contributed by atoms with Crippen LogP contribution in [-0.4, -0.2) is 30.8 Å². The van der Waals surface area contributed by atoms with Gasteiger partial charge in [0.1, 0.15) is 11.5 Å². The van der Waals surface area contributed by atoms with Gasteiger partial charge in [-0.25, -0.2) is 0 Å². The molecule has 0 spiro atoms. The minimum atomic E-state index is 0.131. The highest BCUT2D eigenvalue weighted by molar-refractivity contribution is 7.98. The van der Waals surface area contributed by atoms with E-state index in [9.17, 15) is 5.11 Å². The molecule has 0 aliphatic carbocycles. The number of phenolic OH excluding ortho intramolecular Hbond substituents is 1. The van der Waals surface area contributed by atoms with E-state index in [1.54, 1.807) is 19.2 Å². The Morgan fingerprint density at radius 2 is 2.24 bits per heavy atom. The van der Waals surface area contributed by atoms with Crippen LogP contribution < -0.4 is 10.1 Å². The number of thioether (sulfide) groups is 1. The van der Waals surface area contributed by atoms with Crippen LogP contribution in [0.5, 0.6) is 11.5 Å². The lowest BCUT2D eigenvalue weighted by Gasteiger charge is -2.16. The molecule has 2 N–H and O–H groups in total. The molecule has 0 heterocycles. The van der Waals surface area contributed by atoms with Crippen molar-refractivity contribution in [1.29, 1.82) is 0 Å². The second kappa shape index (κ2) is 7.45. The van der Waals surface area contributed by atoms with E-state index >= 15 is 0 Å². The third-order valence-corrected chi connectivity index (χ3v) is 3.37. The molecule has 96 valence electrons. The molecule has 0 saturated carbocycles. The van der Waals surface area contributed by atoms with Gasteiger partial charge >= 0.3 is 0 Å². The average Bonchev–Trinajstić information content (AvgIpc) is 2.35. The first-order chi connectivity index (χ1) is 8.19. The molecule has 1 atom stereocenters. The highest BCUT2D eigenvalue weighted by Gasteiger charge is 2.10. The fourth-order valence-corrected chi connectivity index (χ4v) is 2.08. The van der Waals surface area contributed by atoms with E-state index in [-0.39, 0.29) is 6.04 Å². The van der Waals surface area contributed by atoms with Crippen LogP contribution >= 0.6 is 11.8 Å². The first-order valence-electron chi connectivity index (χ1n) is 5.78. The van der Waals surface area contributed by atoms with Crippen molar-refractivity contribution in [3.05, 3.63) is 23.8 Å². The number of benzene rings is 1. The summed E-state index contributed by atoms with van der Waals surface area (Å²) in [5, 5.41) is 13.2. The van der Waals surface area contributed by atoms with Gasteiger partial charge < -0.3 is 15.2 Å². The first-order valence-corrected chi connectivity index (χ1v) is 7.17. The van der Waals surface area contributed by atoms with Crippen LogP contribution in [0.1, 0.15) is 24.9 Å². The average molecular weight is 255 g/mol. The zero-order valence-corrected chi connectivity index (χ0v) is 11.5. The van der Waals surface area contributed by atoms with Gasteiger partial charge in [0.05, 0.1) is 7.11 Å². The first kappa shape index (κ1) is 14.2. The standard InChI is InChI=1S/C13H21NO2S/c1-10(14-7-4-8-17-3)12-9-11(16-2)5-6-13(12)15/h5-6,9-10,14-15H,4,7-8H2,1-3H3. The van der Waals surface area contributed by atoms with Gasteiger partial charge in [0.2, 0.25) is 0 Å². The molecule has 0 saturated heterocycles. The molecule has 0 aliphatic rings. The van der Waals surface area contributed by atoms with Crippen molar-refractivity contribution in [3.8, 4) is 11.5 Å². The molecule has 1 rings (SSSR count). The van der Waals surface area contributed by atoms with Crippen LogP contribution in [0, 0.1) is 0 Å². The number of rotatable bonds is 7. The highest BCUT2D eigenvalue weighted by Crippen LogP contribution is 2.28. The maximum absolute atomic E-state index is 9.80. The second-order valence-electron chi connectivity index (χ2n) is 3.95. The molecule has 3 nitrogen and oxygen atoms in total. The normalized spacial score (nSPS) is 12.4. The van der Waals surface area contributed by atoms with Crippen molar-refractivity contribution >= 4 is 11.8 Å².